The summed E-state index contributed by atoms with van der Waals surface area (Å²) in [6, 6.07) is 13.4. The second-order valence-electron chi connectivity index (χ2n) is 4.79. The minimum Gasteiger partial charge on any atom is -0.449 e. The molecule has 0 aliphatic heterocycles. The number of amides is 1. The van der Waals surface area contributed by atoms with Gasteiger partial charge in [-0.3, -0.25) is 15.3 Å². The Balaban J connectivity index is 1.54. The average molecular weight is 293 g/mol. The molecule has 2 heterocycles. The van der Waals surface area contributed by atoms with Crippen LogP contribution >= 0.6 is 0 Å². The molecule has 0 spiro atoms. The van der Waals surface area contributed by atoms with Gasteiger partial charge in [0.05, 0.1) is 24.0 Å². The van der Waals surface area contributed by atoms with Crippen molar-refractivity contribution in [3.8, 4) is 0 Å². The van der Waals surface area contributed by atoms with Crippen LogP contribution in [0.2, 0.25) is 0 Å². The summed E-state index contributed by atoms with van der Waals surface area (Å²) in [5, 5.41) is 3.65. The SMILES string of the molecule is O=C(Nc1cnc2ccccc2c1)OCCc1cccnc1. The molecule has 1 amide bonds. The Hall–Kier alpha value is -2.95. The maximum Gasteiger partial charge on any atom is 0.411 e. The van der Waals surface area contributed by atoms with Crippen LogP contribution < -0.4 is 5.32 Å². The smallest absolute Gasteiger partial charge is 0.411 e. The molecule has 110 valence electrons. The van der Waals surface area contributed by atoms with Gasteiger partial charge in [-0.25, -0.2) is 4.79 Å². The van der Waals surface area contributed by atoms with Gasteiger partial charge in [0.25, 0.3) is 0 Å². The summed E-state index contributed by atoms with van der Waals surface area (Å²) in [7, 11) is 0. The van der Waals surface area contributed by atoms with E-state index in [4.69, 9.17) is 4.74 Å². The molecule has 1 aromatic carbocycles. The second-order valence-corrected chi connectivity index (χ2v) is 4.79. The highest BCUT2D eigenvalue weighted by Gasteiger charge is 2.04. The van der Waals surface area contributed by atoms with Crippen LogP contribution in [0.15, 0.2) is 61.1 Å². The molecule has 0 saturated heterocycles. The lowest BCUT2D eigenvalue weighted by molar-refractivity contribution is 0.163. The zero-order chi connectivity index (χ0) is 15.2. The van der Waals surface area contributed by atoms with Crippen molar-refractivity contribution >= 4 is 22.7 Å². The van der Waals surface area contributed by atoms with Crippen molar-refractivity contribution < 1.29 is 9.53 Å². The molecular weight excluding hydrogens is 278 g/mol. The molecule has 0 saturated carbocycles. The van der Waals surface area contributed by atoms with Crippen LogP contribution in [-0.2, 0) is 11.2 Å². The first-order chi connectivity index (χ1) is 10.8. The first-order valence-electron chi connectivity index (χ1n) is 6.99. The van der Waals surface area contributed by atoms with E-state index in [1.54, 1.807) is 18.6 Å². The number of aromatic nitrogens is 2. The first-order valence-corrected chi connectivity index (χ1v) is 6.99. The Morgan fingerprint density at radius 2 is 2.05 bits per heavy atom. The van der Waals surface area contributed by atoms with Crippen LogP contribution in [0.25, 0.3) is 10.9 Å². The van der Waals surface area contributed by atoms with Crippen molar-refractivity contribution in [1.29, 1.82) is 0 Å². The zero-order valence-electron chi connectivity index (χ0n) is 11.9. The minimum atomic E-state index is -0.485. The number of anilines is 1. The van der Waals surface area contributed by atoms with Gasteiger partial charge in [-0.1, -0.05) is 24.3 Å². The van der Waals surface area contributed by atoms with Gasteiger partial charge in [-0.2, -0.15) is 0 Å². The monoisotopic (exact) mass is 293 g/mol. The molecule has 5 nitrogen and oxygen atoms in total. The van der Waals surface area contributed by atoms with Gasteiger partial charge >= 0.3 is 6.09 Å². The zero-order valence-corrected chi connectivity index (χ0v) is 11.9. The number of nitrogens with one attached hydrogen (secondary N) is 1. The number of carbonyl (C=O) groups is 1. The number of para-hydroxylation sites is 1. The highest BCUT2D eigenvalue weighted by atomic mass is 16.5. The fourth-order valence-electron chi connectivity index (χ4n) is 2.10. The van der Waals surface area contributed by atoms with Crippen LogP contribution in [0.4, 0.5) is 10.5 Å². The van der Waals surface area contributed by atoms with Crippen LogP contribution in [0.3, 0.4) is 0 Å². The van der Waals surface area contributed by atoms with E-state index in [0.29, 0.717) is 18.7 Å². The third kappa shape index (κ3) is 3.58. The number of benzene rings is 1. The Bertz CT molecular complexity index is 775. The quantitative estimate of drug-likeness (QED) is 0.800. The molecule has 22 heavy (non-hydrogen) atoms. The summed E-state index contributed by atoms with van der Waals surface area (Å²) in [5.41, 5.74) is 2.53. The lowest BCUT2D eigenvalue weighted by atomic mass is 10.2. The van der Waals surface area contributed by atoms with Crippen LogP contribution in [-0.4, -0.2) is 22.7 Å². The number of pyridine rings is 2. The Morgan fingerprint density at radius 3 is 2.91 bits per heavy atom. The van der Waals surface area contributed by atoms with Gasteiger partial charge in [-0.05, 0) is 23.8 Å². The topological polar surface area (TPSA) is 64.1 Å². The number of ether oxygens (including phenoxy) is 1. The summed E-state index contributed by atoms with van der Waals surface area (Å²) >= 11 is 0. The van der Waals surface area contributed by atoms with Crippen molar-refractivity contribution in [2.75, 3.05) is 11.9 Å². The molecule has 0 unspecified atom stereocenters. The molecule has 1 N–H and O–H groups in total. The van der Waals surface area contributed by atoms with Crippen LogP contribution in [0.5, 0.6) is 0 Å². The van der Waals surface area contributed by atoms with Crippen molar-refractivity contribution in [2.24, 2.45) is 0 Å². The largest absolute Gasteiger partial charge is 0.449 e. The molecule has 3 rings (SSSR count). The number of rotatable bonds is 4. The van der Waals surface area contributed by atoms with Gasteiger partial charge in [0, 0.05) is 24.2 Å². The fourth-order valence-corrected chi connectivity index (χ4v) is 2.10. The van der Waals surface area contributed by atoms with E-state index < -0.39 is 6.09 Å². The average Bonchev–Trinajstić information content (AvgIpc) is 2.56. The Labute approximate surface area is 128 Å². The molecule has 5 heteroatoms. The normalized spacial score (nSPS) is 10.4. The van der Waals surface area contributed by atoms with Gasteiger partial charge < -0.3 is 4.74 Å². The van der Waals surface area contributed by atoms with E-state index in [-0.39, 0.29) is 0 Å². The predicted octanol–water partition coefficient (Wildman–Crippen LogP) is 3.42. The third-order valence-corrected chi connectivity index (χ3v) is 3.18. The highest BCUT2D eigenvalue weighted by Crippen LogP contribution is 2.16. The molecule has 0 aliphatic carbocycles. The number of fused-ring (bicyclic) bond motifs is 1. The summed E-state index contributed by atoms with van der Waals surface area (Å²) < 4.78 is 5.16. The van der Waals surface area contributed by atoms with E-state index in [1.165, 1.54) is 0 Å². The molecule has 0 radical (unpaired) electrons. The summed E-state index contributed by atoms with van der Waals surface area (Å²) in [4.78, 5) is 20.1. The van der Waals surface area contributed by atoms with Crippen molar-refractivity contribution in [3.05, 3.63) is 66.6 Å². The molecule has 0 fully saturated rings. The molecule has 3 aromatic rings. The number of carbonyl (C=O) groups excluding carboxylic acids is 1. The van der Waals surface area contributed by atoms with Crippen molar-refractivity contribution in [1.82, 2.24) is 9.97 Å². The van der Waals surface area contributed by atoms with E-state index >= 15 is 0 Å². The second kappa shape index (κ2) is 6.67. The Kier molecular flexibility index (Phi) is 4.25. The lowest BCUT2D eigenvalue weighted by Gasteiger charge is -2.07. The van der Waals surface area contributed by atoms with Gasteiger partial charge in [0.2, 0.25) is 0 Å². The van der Waals surface area contributed by atoms with E-state index in [0.717, 1.165) is 16.5 Å². The molecule has 2 aromatic heterocycles. The highest BCUT2D eigenvalue weighted by molar-refractivity contribution is 5.88. The van der Waals surface area contributed by atoms with E-state index in [9.17, 15) is 4.79 Å². The standard InChI is InChI=1S/C17H15N3O2/c21-17(22-9-7-13-4-3-8-18-11-13)20-15-10-14-5-1-2-6-16(14)19-12-15/h1-6,8,10-12H,7,9H2,(H,20,21). The molecule has 0 aliphatic rings. The fraction of sp³-hybridized carbons (Fsp3) is 0.118. The first kappa shape index (κ1) is 14.0. The summed E-state index contributed by atoms with van der Waals surface area (Å²) in [6.07, 6.45) is 5.24. The van der Waals surface area contributed by atoms with Crippen molar-refractivity contribution in [2.45, 2.75) is 6.42 Å². The maximum absolute atomic E-state index is 11.8. The van der Waals surface area contributed by atoms with Gasteiger partial charge in [0.1, 0.15) is 0 Å². The van der Waals surface area contributed by atoms with E-state index in [1.807, 2.05) is 42.5 Å². The van der Waals surface area contributed by atoms with Gasteiger partial charge in [-0.15, -0.1) is 0 Å². The number of hydrogen-bond donors (Lipinski definition) is 1. The minimum absolute atomic E-state index is 0.304. The summed E-state index contributed by atoms with van der Waals surface area (Å²) in [6.45, 7) is 0.304. The number of hydrogen-bond acceptors (Lipinski definition) is 4. The Morgan fingerprint density at radius 1 is 1.14 bits per heavy atom. The molecule has 0 bridgehead atoms. The summed E-state index contributed by atoms with van der Waals surface area (Å²) in [5.74, 6) is 0. The predicted molar refractivity (Wildman–Crippen MR) is 84.7 cm³/mol. The molecule has 0 atom stereocenters. The van der Waals surface area contributed by atoms with E-state index in [2.05, 4.69) is 15.3 Å². The van der Waals surface area contributed by atoms with Gasteiger partial charge in [0.15, 0.2) is 0 Å². The number of nitrogens with zero attached hydrogens (tertiary/aromatic N) is 2. The van der Waals surface area contributed by atoms with Crippen LogP contribution in [0.1, 0.15) is 5.56 Å². The maximum atomic E-state index is 11.8. The van der Waals surface area contributed by atoms with Crippen LogP contribution in [0, 0.1) is 0 Å². The third-order valence-electron chi connectivity index (χ3n) is 3.18. The molecular formula is C17H15N3O2. The lowest BCUT2D eigenvalue weighted by Crippen LogP contribution is -2.15. The van der Waals surface area contributed by atoms with Crippen molar-refractivity contribution in [3.63, 3.8) is 0 Å².